The van der Waals surface area contributed by atoms with Crippen LogP contribution in [0.1, 0.15) is 16.1 Å². The summed E-state index contributed by atoms with van der Waals surface area (Å²) in [5.74, 6) is -0.996. The largest absolute Gasteiger partial charge is 0.478 e. The van der Waals surface area contributed by atoms with Crippen LogP contribution in [-0.2, 0) is 0 Å². The van der Waals surface area contributed by atoms with Crippen LogP contribution in [0.5, 0.6) is 0 Å². The Balaban J connectivity index is 1.89. The van der Waals surface area contributed by atoms with E-state index in [1.807, 2.05) is 25.1 Å². The molecule has 0 radical (unpaired) electrons. The minimum absolute atomic E-state index is 0.204. The van der Waals surface area contributed by atoms with Crippen molar-refractivity contribution in [2.45, 2.75) is 6.92 Å². The topological polar surface area (TPSA) is 68.0 Å². The fraction of sp³-hybridized carbons (Fsp3) is 0.0500. The van der Waals surface area contributed by atoms with Gasteiger partial charge in [-0.25, -0.2) is 14.5 Å². The van der Waals surface area contributed by atoms with Crippen LogP contribution in [0.2, 0.25) is 5.02 Å². The zero-order chi connectivity index (χ0) is 19.1. The van der Waals surface area contributed by atoms with Gasteiger partial charge in [0.15, 0.2) is 0 Å². The van der Waals surface area contributed by atoms with E-state index in [9.17, 15) is 9.90 Å². The van der Waals surface area contributed by atoms with Gasteiger partial charge in [-0.2, -0.15) is 5.10 Å². The molecule has 27 heavy (non-hydrogen) atoms. The lowest BCUT2D eigenvalue weighted by molar-refractivity contribution is 0.0699. The SMILES string of the molecule is Cc1c(-c2cc(C(=O)O)c3cc(Br)ccc3n2)cnn1-c1ccc(Cl)cc1. The van der Waals surface area contributed by atoms with Gasteiger partial charge in [-0.15, -0.1) is 0 Å². The van der Waals surface area contributed by atoms with Crippen molar-refractivity contribution in [2.24, 2.45) is 0 Å². The standard InChI is InChI=1S/C20H13BrClN3O2/c1-11-17(10-23-25(11)14-5-3-13(22)4-6-14)19-9-16(20(26)27)15-8-12(21)2-7-18(15)24-19/h2-10H,1H3,(H,26,27). The summed E-state index contributed by atoms with van der Waals surface area (Å²) >= 11 is 9.34. The van der Waals surface area contributed by atoms with Gasteiger partial charge in [0.25, 0.3) is 0 Å². The van der Waals surface area contributed by atoms with Crippen LogP contribution < -0.4 is 0 Å². The fourth-order valence-electron chi connectivity index (χ4n) is 3.02. The van der Waals surface area contributed by atoms with E-state index >= 15 is 0 Å². The molecule has 0 fully saturated rings. The van der Waals surface area contributed by atoms with Crippen molar-refractivity contribution in [1.82, 2.24) is 14.8 Å². The van der Waals surface area contributed by atoms with E-state index in [1.54, 1.807) is 41.2 Å². The molecule has 0 spiro atoms. The molecule has 7 heteroatoms. The number of hydrogen-bond donors (Lipinski definition) is 1. The smallest absolute Gasteiger partial charge is 0.336 e. The minimum atomic E-state index is -0.996. The van der Waals surface area contributed by atoms with Crippen LogP contribution in [-0.4, -0.2) is 25.8 Å². The molecule has 4 aromatic rings. The van der Waals surface area contributed by atoms with Crippen LogP contribution in [0.4, 0.5) is 0 Å². The van der Waals surface area contributed by atoms with Crippen molar-refractivity contribution in [3.8, 4) is 16.9 Å². The first-order valence-electron chi connectivity index (χ1n) is 8.08. The molecule has 5 nitrogen and oxygen atoms in total. The molecule has 0 saturated carbocycles. The molecular weight excluding hydrogens is 430 g/mol. The molecule has 1 N–H and O–H groups in total. The van der Waals surface area contributed by atoms with Crippen molar-refractivity contribution in [3.05, 3.63) is 75.5 Å². The highest BCUT2D eigenvalue weighted by Gasteiger charge is 2.17. The van der Waals surface area contributed by atoms with E-state index in [2.05, 4.69) is 26.0 Å². The normalized spacial score (nSPS) is 11.1. The number of fused-ring (bicyclic) bond motifs is 1. The first-order chi connectivity index (χ1) is 12.9. The van der Waals surface area contributed by atoms with Crippen LogP contribution in [0, 0.1) is 6.92 Å². The molecule has 0 atom stereocenters. The van der Waals surface area contributed by atoms with Crippen molar-refractivity contribution in [1.29, 1.82) is 0 Å². The molecule has 134 valence electrons. The van der Waals surface area contributed by atoms with E-state index in [0.29, 0.717) is 21.6 Å². The summed E-state index contributed by atoms with van der Waals surface area (Å²) in [7, 11) is 0. The molecule has 2 aromatic heterocycles. The number of pyridine rings is 1. The number of hydrogen-bond acceptors (Lipinski definition) is 3. The van der Waals surface area contributed by atoms with Gasteiger partial charge in [-0.3, -0.25) is 0 Å². The summed E-state index contributed by atoms with van der Waals surface area (Å²) in [6.45, 7) is 1.92. The summed E-state index contributed by atoms with van der Waals surface area (Å²) in [6, 6.07) is 14.3. The van der Waals surface area contributed by atoms with Gasteiger partial charge in [-0.1, -0.05) is 27.5 Å². The Morgan fingerprint density at radius 3 is 2.59 bits per heavy atom. The van der Waals surface area contributed by atoms with E-state index in [-0.39, 0.29) is 5.56 Å². The van der Waals surface area contributed by atoms with Crippen molar-refractivity contribution >= 4 is 44.4 Å². The lowest BCUT2D eigenvalue weighted by Crippen LogP contribution is -2.01. The van der Waals surface area contributed by atoms with Gasteiger partial charge in [0.2, 0.25) is 0 Å². The fourth-order valence-corrected chi connectivity index (χ4v) is 3.50. The second-order valence-corrected chi connectivity index (χ2v) is 7.41. The zero-order valence-corrected chi connectivity index (χ0v) is 16.5. The number of carbonyl (C=O) groups is 1. The van der Waals surface area contributed by atoms with Crippen molar-refractivity contribution in [2.75, 3.05) is 0 Å². The third-order valence-corrected chi connectivity index (χ3v) is 5.10. The van der Waals surface area contributed by atoms with Gasteiger partial charge in [0, 0.05) is 20.4 Å². The van der Waals surface area contributed by atoms with E-state index in [4.69, 9.17) is 11.6 Å². The van der Waals surface area contributed by atoms with Crippen molar-refractivity contribution in [3.63, 3.8) is 0 Å². The Hall–Kier alpha value is -2.70. The molecule has 0 unspecified atom stereocenters. The monoisotopic (exact) mass is 441 g/mol. The molecule has 0 aliphatic carbocycles. The third kappa shape index (κ3) is 3.22. The Labute approximate surface area is 168 Å². The molecule has 0 aliphatic heterocycles. The number of aromatic nitrogens is 3. The molecule has 0 bridgehead atoms. The van der Waals surface area contributed by atoms with Crippen LogP contribution in [0.15, 0.2) is 59.2 Å². The molecular formula is C20H13BrClN3O2. The highest BCUT2D eigenvalue weighted by atomic mass is 79.9. The molecule has 4 rings (SSSR count). The Bertz CT molecular complexity index is 1190. The number of benzene rings is 2. The molecule has 0 amide bonds. The Kier molecular flexibility index (Phi) is 4.45. The Morgan fingerprint density at radius 1 is 1.15 bits per heavy atom. The first-order valence-corrected chi connectivity index (χ1v) is 9.25. The van der Waals surface area contributed by atoms with Crippen molar-refractivity contribution < 1.29 is 9.90 Å². The molecule has 0 aliphatic rings. The maximum atomic E-state index is 11.8. The number of nitrogens with zero attached hydrogens (tertiary/aromatic N) is 3. The predicted molar refractivity (Wildman–Crippen MR) is 109 cm³/mol. The maximum absolute atomic E-state index is 11.8. The predicted octanol–water partition coefficient (Wildman–Crippen LogP) is 5.51. The molecule has 0 saturated heterocycles. The van der Waals surface area contributed by atoms with Crippen LogP contribution in [0.3, 0.4) is 0 Å². The lowest BCUT2D eigenvalue weighted by Gasteiger charge is -2.08. The average Bonchev–Trinajstić information content (AvgIpc) is 3.03. The summed E-state index contributed by atoms with van der Waals surface area (Å²) in [4.78, 5) is 16.4. The lowest BCUT2D eigenvalue weighted by atomic mass is 10.0. The number of carboxylic acid groups (broad SMARTS) is 1. The number of rotatable bonds is 3. The molecule has 2 heterocycles. The second kappa shape index (κ2) is 6.79. The third-order valence-electron chi connectivity index (χ3n) is 4.36. The summed E-state index contributed by atoms with van der Waals surface area (Å²) in [5, 5.41) is 15.3. The van der Waals surface area contributed by atoms with Gasteiger partial charge < -0.3 is 5.11 Å². The Morgan fingerprint density at radius 2 is 1.89 bits per heavy atom. The maximum Gasteiger partial charge on any atom is 0.336 e. The zero-order valence-electron chi connectivity index (χ0n) is 14.1. The number of carboxylic acids is 1. The minimum Gasteiger partial charge on any atom is -0.478 e. The average molecular weight is 443 g/mol. The highest BCUT2D eigenvalue weighted by Crippen LogP contribution is 2.29. The van der Waals surface area contributed by atoms with Gasteiger partial charge >= 0.3 is 5.97 Å². The van der Waals surface area contributed by atoms with Crippen LogP contribution >= 0.6 is 27.5 Å². The first kappa shape index (κ1) is 17.7. The summed E-state index contributed by atoms with van der Waals surface area (Å²) < 4.78 is 2.58. The number of halogens is 2. The molecule has 2 aromatic carbocycles. The summed E-state index contributed by atoms with van der Waals surface area (Å²) in [6.07, 6.45) is 1.70. The van der Waals surface area contributed by atoms with E-state index in [0.717, 1.165) is 21.4 Å². The van der Waals surface area contributed by atoms with E-state index < -0.39 is 5.97 Å². The van der Waals surface area contributed by atoms with Crippen LogP contribution in [0.25, 0.3) is 27.8 Å². The highest BCUT2D eigenvalue weighted by molar-refractivity contribution is 9.10. The van der Waals surface area contributed by atoms with Gasteiger partial charge in [0.05, 0.1) is 34.4 Å². The quantitative estimate of drug-likeness (QED) is 0.454. The summed E-state index contributed by atoms with van der Waals surface area (Å²) in [5.41, 5.74) is 3.89. The number of aromatic carboxylic acids is 1. The van der Waals surface area contributed by atoms with Gasteiger partial charge in [0.1, 0.15) is 0 Å². The van der Waals surface area contributed by atoms with Gasteiger partial charge in [-0.05, 0) is 55.5 Å². The van der Waals surface area contributed by atoms with E-state index in [1.165, 1.54) is 0 Å². The second-order valence-electron chi connectivity index (χ2n) is 6.05.